The van der Waals surface area contributed by atoms with Crippen LogP contribution in [0, 0.1) is 0 Å². The molecule has 2 heteroatoms. The van der Waals surface area contributed by atoms with Crippen molar-refractivity contribution in [3.8, 4) is 0 Å². The minimum atomic E-state index is 0.753. The van der Waals surface area contributed by atoms with Crippen molar-refractivity contribution in [1.82, 2.24) is 10.2 Å². The van der Waals surface area contributed by atoms with Gasteiger partial charge in [-0.3, -0.25) is 4.90 Å². The van der Waals surface area contributed by atoms with Gasteiger partial charge in [-0.05, 0) is 25.9 Å². The van der Waals surface area contributed by atoms with Crippen molar-refractivity contribution >= 4 is 0 Å². The van der Waals surface area contributed by atoms with Crippen molar-refractivity contribution in [2.24, 2.45) is 0 Å². The van der Waals surface area contributed by atoms with E-state index in [0.717, 1.165) is 25.7 Å². The second-order valence-corrected chi connectivity index (χ2v) is 3.39. The number of likely N-dealkylation sites (tertiary alicyclic amines) is 1. The minimum Gasteiger partial charge on any atom is -0.315 e. The van der Waals surface area contributed by atoms with E-state index in [1.165, 1.54) is 19.4 Å². The number of hydrogen-bond acceptors (Lipinski definition) is 2. The number of nitrogens with zero attached hydrogens (tertiary/aromatic N) is 1. The number of hydrogen-bond donors (Lipinski definition) is 1. The van der Waals surface area contributed by atoms with E-state index in [1.54, 1.807) is 0 Å². The molecule has 0 bridgehead atoms. The normalized spacial score (nSPS) is 24.6. The Morgan fingerprint density at radius 2 is 2.50 bits per heavy atom. The van der Waals surface area contributed by atoms with E-state index in [2.05, 4.69) is 23.7 Å². The molecule has 0 aromatic rings. The van der Waals surface area contributed by atoms with Crippen LogP contribution < -0.4 is 5.32 Å². The first-order chi connectivity index (χ1) is 5.88. The highest BCUT2D eigenvalue weighted by atomic mass is 15.2. The molecule has 1 heterocycles. The average molecular weight is 168 g/mol. The Balaban J connectivity index is 2.25. The molecule has 0 aromatic heterocycles. The van der Waals surface area contributed by atoms with Crippen molar-refractivity contribution in [3.63, 3.8) is 0 Å². The molecule has 0 spiro atoms. The van der Waals surface area contributed by atoms with E-state index in [4.69, 9.17) is 0 Å². The van der Waals surface area contributed by atoms with Gasteiger partial charge in [0.25, 0.3) is 0 Å². The molecule has 0 radical (unpaired) electrons. The monoisotopic (exact) mass is 168 g/mol. The number of likely N-dealkylation sites (N-methyl/N-ethyl adjacent to an activating group) is 1. The molecule has 70 valence electrons. The van der Waals surface area contributed by atoms with E-state index in [-0.39, 0.29) is 0 Å². The van der Waals surface area contributed by atoms with Gasteiger partial charge in [0, 0.05) is 19.1 Å². The SMILES string of the molecule is C=CCN1CCCC1CNCC. The third-order valence-corrected chi connectivity index (χ3v) is 2.49. The summed E-state index contributed by atoms with van der Waals surface area (Å²) in [6.45, 7) is 10.5. The lowest BCUT2D eigenvalue weighted by Gasteiger charge is -2.22. The fourth-order valence-corrected chi connectivity index (χ4v) is 1.84. The first-order valence-corrected chi connectivity index (χ1v) is 4.94. The lowest BCUT2D eigenvalue weighted by atomic mass is 10.2. The lowest BCUT2D eigenvalue weighted by molar-refractivity contribution is 0.274. The van der Waals surface area contributed by atoms with Crippen LogP contribution >= 0.6 is 0 Å². The molecule has 2 nitrogen and oxygen atoms in total. The Labute approximate surface area is 75.6 Å². The van der Waals surface area contributed by atoms with Crippen molar-refractivity contribution in [1.29, 1.82) is 0 Å². The molecule has 1 unspecified atom stereocenters. The van der Waals surface area contributed by atoms with Gasteiger partial charge < -0.3 is 5.32 Å². The van der Waals surface area contributed by atoms with Crippen molar-refractivity contribution in [2.75, 3.05) is 26.2 Å². The van der Waals surface area contributed by atoms with Crippen molar-refractivity contribution < 1.29 is 0 Å². The van der Waals surface area contributed by atoms with Gasteiger partial charge in [0.1, 0.15) is 0 Å². The summed E-state index contributed by atoms with van der Waals surface area (Å²) in [5.74, 6) is 0. The highest BCUT2D eigenvalue weighted by Gasteiger charge is 2.22. The summed E-state index contributed by atoms with van der Waals surface area (Å²) >= 11 is 0. The third-order valence-electron chi connectivity index (χ3n) is 2.49. The molecule has 1 rings (SSSR count). The molecular formula is C10H20N2. The third kappa shape index (κ3) is 2.61. The van der Waals surface area contributed by atoms with Crippen LogP contribution in [0.5, 0.6) is 0 Å². The summed E-state index contributed by atoms with van der Waals surface area (Å²) < 4.78 is 0. The Morgan fingerprint density at radius 1 is 1.67 bits per heavy atom. The molecule has 0 aliphatic carbocycles. The summed E-state index contributed by atoms with van der Waals surface area (Å²) in [6.07, 6.45) is 4.70. The molecule has 1 aliphatic heterocycles. The van der Waals surface area contributed by atoms with Gasteiger partial charge in [0.05, 0.1) is 0 Å². The topological polar surface area (TPSA) is 15.3 Å². The molecule has 0 amide bonds. The Morgan fingerprint density at radius 3 is 3.17 bits per heavy atom. The predicted octanol–water partition coefficient (Wildman–Crippen LogP) is 1.25. The standard InChI is InChI=1S/C10H20N2/c1-3-7-12-8-5-6-10(12)9-11-4-2/h3,10-11H,1,4-9H2,2H3. The highest BCUT2D eigenvalue weighted by Crippen LogP contribution is 2.15. The molecule has 0 saturated carbocycles. The van der Waals surface area contributed by atoms with Gasteiger partial charge in [0.15, 0.2) is 0 Å². The predicted molar refractivity (Wildman–Crippen MR) is 53.3 cm³/mol. The Kier molecular flexibility index (Phi) is 4.33. The molecule has 12 heavy (non-hydrogen) atoms. The van der Waals surface area contributed by atoms with Crippen LogP contribution in [0.3, 0.4) is 0 Å². The average Bonchev–Trinajstić information content (AvgIpc) is 2.50. The first kappa shape index (κ1) is 9.75. The second kappa shape index (κ2) is 5.33. The van der Waals surface area contributed by atoms with Gasteiger partial charge in [-0.2, -0.15) is 0 Å². The van der Waals surface area contributed by atoms with Crippen LogP contribution in [-0.4, -0.2) is 37.1 Å². The van der Waals surface area contributed by atoms with E-state index in [0.29, 0.717) is 0 Å². The largest absolute Gasteiger partial charge is 0.315 e. The van der Waals surface area contributed by atoms with Crippen LogP contribution in [0.25, 0.3) is 0 Å². The van der Waals surface area contributed by atoms with E-state index >= 15 is 0 Å². The molecule has 1 N–H and O–H groups in total. The summed E-state index contributed by atoms with van der Waals surface area (Å²) in [5, 5.41) is 3.40. The molecule has 1 atom stereocenters. The zero-order valence-corrected chi connectivity index (χ0v) is 8.05. The summed E-state index contributed by atoms with van der Waals surface area (Å²) in [5.41, 5.74) is 0. The summed E-state index contributed by atoms with van der Waals surface area (Å²) in [4.78, 5) is 2.51. The quantitative estimate of drug-likeness (QED) is 0.621. The maximum absolute atomic E-state index is 3.78. The Hall–Kier alpha value is -0.340. The van der Waals surface area contributed by atoms with E-state index in [9.17, 15) is 0 Å². The summed E-state index contributed by atoms with van der Waals surface area (Å²) in [6, 6.07) is 0.753. The van der Waals surface area contributed by atoms with Crippen LogP contribution in [0.2, 0.25) is 0 Å². The molecule has 1 aliphatic rings. The number of rotatable bonds is 5. The van der Waals surface area contributed by atoms with Gasteiger partial charge in [-0.25, -0.2) is 0 Å². The highest BCUT2D eigenvalue weighted by molar-refractivity contribution is 4.85. The van der Waals surface area contributed by atoms with Gasteiger partial charge in [-0.1, -0.05) is 13.0 Å². The first-order valence-electron chi connectivity index (χ1n) is 4.94. The summed E-state index contributed by atoms with van der Waals surface area (Å²) in [7, 11) is 0. The zero-order valence-electron chi connectivity index (χ0n) is 8.05. The van der Waals surface area contributed by atoms with Crippen LogP contribution in [0.1, 0.15) is 19.8 Å². The van der Waals surface area contributed by atoms with E-state index < -0.39 is 0 Å². The fraction of sp³-hybridized carbons (Fsp3) is 0.800. The van der Waals surface area contributed by atoms with Gasteiger partial charge in [-0.15, -0.1) is 6.58 Å². The molecule has 1 saturated heterocycles. The lowest BCUT2D eigenvalue weighted by Crippen LogP contribution is -2.37. The van der Waals surface area contributed by atoms with Crippen LogP contribution in [0.4, 0.5) is 0 Å². The van der Waals surface area contributed by atoms with Crippen LogP contribution in [0.15, 0.2) is 12.7 Å². The maximum Gasteiger partial charge on any atom is 0.0224 e. The van der Waals surface area contributed by atoms with E-state index in [1.807, 2.05) is 6.08 Å². The second-order valence-electron chi connectivity index (χ2n) is 3.39. The molecule has 1 fully saturated rings. The molecular weight excluding hydrogens is 148 g/mol. The number of nitrogens with one attached hydrogen (secondary N) is 1. The fourth-order valence-electron chi connectivity index (χ4n) is 1.84. The van der Waals surface area contributed by atoms with Crippen molar-refractivity contribution in [3.05, 3.63) is 12.7 Å². The van der Waals surface area contributed by atoms with Crippen LogP contribution in [-0.2, 0) is 0 Å². The Bertz CT molecular complexity index is 134. The van der Waals surface area contributed by atoms with Gasteiger partial charge >= 0.3 is 0 Å². The minimum absolute atomic E-state index is 0.753. The smallest absolute Gasteiger partial charge is 0.0224 e. The van der Waals surface area contributed by atoms with Crippen molar-refractivity contribution in [2.45, 2.75) is 25.8 Å². The molecule has 0 aromatic carbocycles. The maximum atomic E-state index is 3.78. The zero-order chi connectivity index (χ0) is 8.81. The van der Waals surface area contributed by atoms with Gasteiger partial charge in [0.2, 0.25) is 0 Å².